The van der Waals surface area contributed by atoms with Crippen LogP contribution >= 0.6 is 24.1 Å². The molecule has 6 heteroatoms. The number of carbonyl (C=O) groups is 1. The molecular formula is C16H24O4S2. The van der Waals surface area contributed by atoms with Gasteiger partial charge in [-0.05, 0) is 54.5 Å². The maximum Gasteiger partial charge on any atom is 0.338 e. The van der Waals surface area contributed by atoms with E-state index in [1.165, 1.54) is 12.0 Å². The summed E-state index contributed by atoms with van der Waals surface area (Å²) in [5.41, 5.74) is 0.532. The average Bonchev–Trinajstić information content (AvgIpc) is 2.51. The van der Waals surface area contributed by atoms with Crippen molar-refractivity contribution in [2.75, 3.05) is 24.7 Å². The Labute approximate surface area is 141 Å². The zero-order valence-electron chi connectivity index (χ0n) is 13.1. The molecular weight excluding hydrogens is 320 g/mol. The summed E-state index contributed by atoms with van der Waals surface area (Å²) in [7, 11) is 0. The van der Waals surface area contributed by atoms with Crippen molar-refractivity contribution in [3.63, 3.8) is 0 Å². The molecule has 0 fully saturated rings. The fourth-order valence-electron chi connectivity index (χ4n) is 1.59. The van der Waals surface area contributed by atoms with Gasteiger partial charge in [-0.1, -0.05) is 32.0 Å². The highest BCUT2D eigenvalue weighted by molar-refractivity contribution is 7.95. The van der Waals surface area contributed by atoms with Crippen molar-refractivity contribution >= 4 is 30.1 Å². The van der Waals surface area contributed by atoms with E-state index < -0.39 is 0 Å². The highest BCUT2D eigenvalue weighted by Crippen LogP contribution is 2.23. The molecule has 4 nitrogen and oxygen atoms in total. The minimum absolute atomic E-state index is 0.0459. The van der Waals surface area contributed by atoms with Gasteiger partial charge in [-0.3, -0.25) is 0 Å². The smallest absolute Gasteiger partial charge is 0.338 e. The highest BCUT2D eigenvalue weighted by Gasteiger charge is 2.19. The minimum atomic E-state index is -0.284. The molecule has 1 aromatic carbocycles. The third-order valence-corrected chi connectivity index (χ3v) is 4.23. The van der Waals surface area contributed by atoms with Crippen molar-refractivity contribution < 1.29 is 18.3 Å². The number of esters is 1. The lowest BCUT2D eigenvalue weighted by Gasteiger charge is -2.23. The van der Waals surface area contributed by atoms with E-state index in [1.807, 2.05) is 18.2 Å². The Morgan fingerprint density at radius 2 is 1.95 bits per heavy atom. The maximum atomic E-state index is 11.8. The van der Waals surface area contributed by atoms with Gasteiger partial charge < -0.3 is 13.5 Å². The second kappa shape index (κ2) is 10.9. The number of carbonyl (C=O) groups excluding carboxylic acids is 1. The highest BCUT2D eigenvalue weighted by atomic mass is 32.2. The minimum Gasteiger partial charge on any atom is -0.462 e. The van der Waals surface area contributed by atoms with Crippen LogP contribution in [0.2, 0.25) is 0 Å². The SMILES string of the molecule is CC(C)(CCOC(=O)c1ccccc1)COSCCCSO. The van der Waals surface area contributed by atoms with Crippen LogP contribution in [0.3, 0.4) is 0 Å². The summed E-state index contributed by atoms with van der Waals surface area (Å²) in [4.78, 5) is 11.8. The normalized spacial score (nSPS) is 11.4. The first-order valence-electron chi connectivity index (χ1n) is 7.28. The van der Waals surface area contributed by atoms with Crippen molar-refractivity contribution in [3.8, 4) is 0 Å². The Morgan fingerprint density at radius 3 is 2.64 bits per heavy atom. The summed E-state index contributed by atoms with van der Waals surface area (Å²) in [6.45, 7) is 5.17. The zero-order chi connectivity index (χ0) is 16.3. The Bertz CT molecular complexity index is 423. The number of hydrogen-bond donors (Lipinski definition) is 1. The summed E-state index contributed by atoms with van der Waals surface area (Å²) in [6, 6.07) is 9.01. The molecule has 0 amide bonds. The van der Waals surface area contributed by atoms with Gasteiger partial charge in [0.05, 0.1) is 18.8 Å². The summed E-state index contributed by atoms with van der Waals surface area (Å²) in [6.07, 6.45) is 1.67. The standard InChI is InChI=1S/C16H24O4S2/c1-16(2,13-20-22-12-6-11-21-18)9-10-19-15(17)14-7-4-3-5-8-14/h3-5,7-8,18H,6,9-13H2,1-2H3. The molecule has 0 atom stereocenters. The average molecular weight is 344 g/mol. The number of hydrogen-bond acceptors (Lipinski definition) is 6. The van der Waals surface area contributed by atoms with E-state index in [4.69, 9.17) is 13.5 Å². The number of rotatable bonds is 11. The maximum absolute atomic E-state index is 11.8. The van der Waals surface area contributed by atoms with Crippen LogP contribution in [0.25, 0.3) is 0 Å². The quantitative estimate of drug-likeness (QED) is 0.362. The van der Waals surface area contributed by atoms with Crippen molar-refractivity contribution in [1.82, 2.24) is 0 Å². The molecule has 1 aromatic rings. The van der Waals surface area contributed by atoms with E-state index in [0.717, 1.165) is 36.4 Å². The van der Waals surface area contributed by atoms with Crippen molar-refractivity contribution in [3.05, 3.63) is 35.9 Å². The van der Waals surface area contributed by atoms with Crippen LogP contribution in [0, 0.1) is 5.41 Å². The van der Waals surface area contributed by atoms with E-state index in [0.29, 0.717) is 18.8 Å². The van der Waals surface area contributed by atoms with Gasteiger partial charge >= 0.3 is 5.97 Å². The first-order chi connectivity index (χ1) is 10.5. The van der Waals surface area contributed by atoms with Gasteiger partial charge in [0.25, 0.3) is 0 Å². The van der Waals surface area contributed by atoms with Gasteiger partial charge in [-0.15, -0.1) is 0 Å². The summed E-state index contributed by atoms with van der Waals surface area (Å²) in [5.74, 6) is 1.31. The van der Waals surface area contributed by atoms with Crippen molar-refractivity contribution in [2.45, 2.75) is 26.7 Å². The van der Waals surface area contributed by atoms with Crippen molar-refractivity contribution in [2.24, 2.45) is 5.41 Å². The van der Waals surface area contributed by atoms with Gasteiger partial charge in [0.15, 0.2) is 0 Å². The van der Waals surface area contributed by atoms with E-state index in [-0.39, 0.29) is 11.4 Å². The molecule has 0 heterocycles. The number of benzene rings is 1. The second-order valence-electron chi connectivity index (χ2n) is 5.69. The molecule has 22 heavy (non-hydrogen) atoms. The fraction of sp³-hybridized carbons (Fsp3) is 0.562. The van der Waals surface area contributed by atoms with Gasteiger partial charge in [0.2, 0.25) is 0 Å². The van der Waals surface area contributed by atoms with Crippen molar-refractivity contribution in [1.29, 1.82) is 0 Å². The molecule has 0 aliphatic heterocycles. The lowest BCUT2D eigenvalue weighted by Crippen LogP contribution is -2.21. The largest absolute Gasteiger partial charge is 0.462 e. The van der Waals surface area contributed by atoms with Gasteiger partial charge in [-0.2, -0.15) is 0 Å². The molecule has 1 N–H and O–H groups in total. The Hall–Kier alpha value is -0.690. The zero-order valence-corrected chi connectivity index (χ0v) is 14.8. The molecule has 0 radical (unpaired) electrons. The molecule has 0 unspecified atom stereocenters. The summed E-state index contributed by atoms with van der Waals surface area (Å²) < 4.78 is 19.5. The molecule has 0 aliphatic carbocycles. The molecule has 0 aromatic heterocycles. The van der Waals surface area contributed by atoms with E-state index >= 15 is 0 Å². The first kappa shape index (κ1) is 19.4. The van der Waals surface area contributed by atoms with E-state index in [9.17, 15) is 4.79 Å². The predicted octanol–water partition coefficient (Wildman–Crippen LogP) is 4.52. The molecule has 0 saturated carbocycles. The van der Waals surface area contributed by atoms with Crippen LogP contribution in [0.5, 0.6) is 0 Å². The monoisotopic (exact) mass is 344 g/mol. The van der Waals surface area contributed by atoms with Crippen LogP contribution in [0.4, 0.5) is 0 Å². The van der Waals surface area contributed by atoms with Crippen LogP contribution in [-0.2, 0) is 8.92 Å². The Kier molecular flexibility index (Phi) is 9.63. The summed E-state index contributed by atoms with van der Waals surface area (Å²) >= 11 is 2.28. The molecule has 0 spiro atoms. The summed E-state index contributed by atoms with van der Waals surface area (Å²) in [5, 5.41) is 0. The van der Waals surface area contributed by atoms with Crippen LogP contribution in [-0.4, -0.2) is 35.2 Å². The van der Waals surface area contributed by atoms with Crippen LogP contribution in [0.15, 0.2) is 30.3 Å². The van der Waals surface area contributed by atoms with E-state index in [2.05, 4.69) is 13.8 Å². The first-order valence-corrected chi connectivity index (χ1v) is 9.13. The lowest BCUT2D eigenvalue weighted by atomic mass is 9.91. The second-order valence-corrected chi connectivity index (χ2v) is 7.23. The van der Waals surface area contributed by atoms with Crippen LogP contribution in [0.1, 0.15) is 37.0 Å². The van der Waals surface area contributed by atoms with Crippen LogP contribution < -0.4 is 0 Å². The third kappa shape index (κ3) is 8.68. The molecule has 0 saturated heterocycles. The molecule has 1 rings (SSSR count). The lowest BCUT2D eigenvalue weighted by molar-refractivity contribution is 0.0433. The van der Waals surface area contributed by atoms with Gasteiger partial charge in [0, 0.05) is 11.5 Å². The number of ether oxygens (including phenoxy) is 1. The topological polar surface area (TPSA) is 55.8 Å². The predicted molar refractivity (Wildman–Crippen MR) is 93.2 cm³/mol. The molecule has 0 aliphatic rings. The van der Waals surface area contributed by atoms with E-state index in [1.54, 1.807) is 12.1 Å². The molecule has 124 valence electrons. The Balaban J connectivity index is 2.15. The fourth-order valence-corrected chi connectivity index (χ4v) is 2.83. The van der Waals surface area contributed by atoms with Gasteiger partial charge in [0.1, 0.15) is 0 Å². The Morgan fingerprint density at radius 1 is 1.23 bits per heavy atom. The van der Waals surface area contributed by atoms with Gasteiger partial charge in [-0.25, -0.2) is 4.79 Å². The molecule has 0 bridgehead atoms. The third-order valence-electron chi connectivity index (χ3n) is 3.02.